The monoisotopic (exact) mass is 416 g/mol. The van der Waals surface area contributed by atoms with Crippen LogP contribution in [0.4, 0.5) is 0 Å². The second-order valence-corrected chi connectivity index (χ2v) is 8.04. The molecule has 2 aliphatic rings. The molecule has 1 saturated heterocycles. The molecule has 2 aromatic rings. The number of aryl methyl sites for hydroxylation is 1. The first-order valence-electron chi connectivity index (χ1n) is 10.5. The highest BCUT2D eigenvalue weighted by Crippen LogP contribution is 2.55. The van der Waals surface area contributed by atoms with Gasteiger partial charge in [0, 0.05) is 37.1 Å². The molecule has 29 heavy (non-hydrogen) atoms. The average Bonchev–Trinajstić information content (AvgIpc) is 3.21. The highest BCUT2D eigenvalue weighted by molar-refractivity contribution is 5.85. The molecule has 1 aromatic carbocycles. The lowest BCUT2D eigenvalue weighted by Gasteiger charge is -2.29. The van der Waals surface area contributed by atoms with Crippen molar-refractivity contribution in [2.45, 2.75) is 45.3 Å². The third kappa shape index (κ3) is 4.85. The Balaban J connectivity index is 0.00000240. The van der Waals surface area contributed by atoms with Gasteiger partial charge >= 0.3 is 0 Å². The Morgan fingerprint density at radius 1 is 1.31 bits per heavy atom. The van der Waals surface area contributed by atoms with Gasteiger partial charge in [0.1, 0.15) is 11.6 Å². The third-order valence-corrected chi connectivity index (χ3v) is 6.45. The van der Waals surface area contributed by atoms with E-state index in [4.69, 9.17) is 4.74 Å². The van der Waals surface area contributed by atoms with Crippen LogP contribution >= 0.6 is 12.4 Å². The summed E-state index contributed by atoms with van der Waals surface area (Å²) in [5.41, 5.74) is 1.65. The molecule has 2 heterocycles. The number of hydrogen-bond donors (Lipinski definition) is 1. The Kier molecular flexibility index (Phi) is 7.38. The fourth-order valence-corrected chi connectivity index (χ4v) is 4.69. The largest absolute Gasteiger partial charge is 0.496 e. The summed E-state index contributed by atoms with van der Waals surface area (Å²) in [5.74, 6) is 2.09. The van der Waals surface area contributed by atoms with Crippen LogP contribution in [0.15, 0.2) is 42.7 Å². The molecule has 4 rings (SSSR count). The van der Waals surface area contributed by atoms with Crippen molar-refractivity contribution in [3.63, 3.8) is 0 Å². The molecule has 0 amide bonds. The molecule has 1 unspecified atom stereocenters. The molecular formula is C23H33ClN4O. The first-order chi connectivity index (χ1) is 13.8. The van der Waals surface area contributed by atoms with Crippen molar-refractivity contribution in [3.8, 4) is 5.75 Å². The molecule has 0 bridgehead atoms. The second-order valence-electron chi connectivity index (χ2n) is 8.04. The van der Waals surface area contributed by atoms with Gasteiger partial charge in [0.25, 0.3) is 0 Å². The summed E-state index contributed by atoms with van der Waals surface area (Å²) in [7, 11) is 1.73. The maximum Gasteiger partial charge on any atom is 0.126 e. The second kappa shape index (κ2) is 9.79. The van der Waals surface area contributed by atoms with Crippen molar-refractivity contribution in [2.24, 2.45) is 5.41 Å². The topological polar surface area (TPSA) is 42.3 Å². The lowest BCUT2D eigenvalue weighted by Crippen LogP contribution is -2.36. The van der Waals surface area contributed by atoms with Gasteiger partial charge in [-0.3, -0.25) is 4.90 Å². The lowest BCUT2D eigenvalue weighted by atomic mass is 9.93. The zero-order chi connectivity index (χ0) is 19.4. The molecule has 2 fully saturated rings. The standard InChI is InChI=1S/C23H32N4O.ClH/c1-3-26-16-14-25-22(26)18-27(21-17-23(21)10-12-24-13-11-23)15-6-8-19-7-4-5-9-20(19)28-2;/h4-9,14,16,21,24H,3,10-13,15,17-18H2,1-2H3;1H/b8-6-;. The van der Waals surface area contributed by atoms with E-state index in [1.165, 1.54) is 25.1 Å². The Morgan fingerprint density at radius 3 is 2.86 bits per heavy atom. The number of aromatic nitrogens is 2. The molecule has 1 N–H and O–H groups in total. The van der Waals surface area contributed by atoms with E-state index in [-0.39, 0.29) is 12.4 Å². The van der Waals surface area contributed by atoms with E-state index in [1.54, 1.807) is 7.11 Å². The van der Waals surface area contributed by atoms with Crippen LogP contribution in [0, 0.1) is 5.41 Å². The van der Waals surface area contributed by atoms with Gasteiger partial charge in [0.15, 0.2) is 0 Å². The minimum atomic E-state index is 0. The van der Waals surface area contributed by atoms with Gasteiger partial charge in [-0.25, -0.2) is 4.98 Å². The zero-order valence-electron chi connectivity index (χ0n) is 17.5. The summed E-state index contributed by atoms with van der Waals surface area (Å²) < 4.78 is 7.74. The predicted molar refractivity (Wildman–Crippen MR) is 121 cm³/mol. The first-order valence-corrected chi connectivity index (χ1v) is 10.5. The number of piperidine rings is 1. The molecule has 6 heteroatoms. The van der Waals surface area contributed by atoms with E-state index in [0.717, 1.165) is 44.0 Å². The molecule has 0 radical (unpaired) electrons. The van der Waals surface area contributed by atoms with Gasteiger partial charge in [-0.15, -0.1) is 12.4 Å². The van der Waals surface area contributed by atoms with Gasteiger partial charge in [0.05, 0.1) is 13.7 Å². The van der Waals surface area contributed by atoms with Crippen molar-refractivity contribution in [1.29, 1.82) is 0 Å². The molecular weight excluding hydrogens is 384 g/mol. The van der Waals surface area contributed by atoms with Crippen molar-refractivity contribution in [1.82, 2.24) is 19.8 Å². The van der Waals surface area contributed by atoms with Gasteiger partial charge in [-0.05, 0) is 50.8 Å². The summed E-state index contributed by atoms with van der Waals surface area (Å²) >= 11 is 0. The van der Waals surface area contributed by atoms with Crippen molar-refractivity contribution in [3.05, 3.63) is 54.1 Å². The minimum absolute atomic E-state index is 0. The van der Waals surface area contributed by atoms with Crippen LogP contribution in [0.25, 0.3) is 6.08 Å². The number of rotatable bonds is 8. The van der Waals surface area contributed by atoms with Gasteiger partial charge < -0.3 is 14.6 Å². The first kappa shape index (κ1) is 21.9. The van der Waals surface area contributed by atoms with E-state index in [1.807, 2.05) is 18.3 Å². The predicted octanol–water partition coefficient (Wildman–Crippen LogP) is 3.99. The van der Waals surface area contributed by atoms with Crippen LogP contribution in [0.2, 0.25) is 0 Å². The fraction of sp³-hybridized carbons (Fsp3) is 0.522. The number of para-hydroxylation sites is 1. The number of ether oxygens (including phenoxy) is 1. The number of halogens is 1. The number of nitrogens with zero attached hydrogens (tertiary/aromatic N) is 3. The fourth-order valence-electron chi connectivity index (χ4n) is 4.69. The summed E-state index contributed by atoms with van der Waals surface area (Å²) in [5, 5.41) is 3.52. The molecule has 1 aliphatic carbocycles. The zero-order valence-corrected chi connectivity index (χ0v) is 18.3. The van der Waals surface area contributed by atoms with E-state index in [9.17, 15) is 0 Å². The summed E-state index contributed by atoms with van der Waals surface area (Å²) in [4.78, 5) is 7.26. The highest BCUT2D eigenvalue weighted by atomic mass is 35.5. The van der Waals surface area contributed by atoms with Crippen LogP contribution in [0.3, 0.4) is 0 Å². The van der Waals surface area contributed by atoms with Crippen LogP contribution in [-0.4, -0.2) is 47.2 Å². The van der Waals surface area contributed by atoms with Crippen molar-refractivity contribution >= 4 is 18.5 Å². The summed E-state index contributed by atoms with van der Waals surface area (Å²) in [6.45, 7) is 7.32. The Labute approximate surface area is 180 Å². The lowest BCUT2D eigenvalue weighted by molar-refractivity contribution is 0.207. The Morgan fingerprint density at radius 2 is 2.10 bits per heavy atom. The minimum Gasteiger partial charge on any atom is -0.496 e. The van der Waals surface area contributed by atoms with Gasteiger partial charge in [0.2, 0.25) is 0 Å². The normalized spacial score (nSPS) is 20.2. The Bertz CT molecular complexity index is 813. The highest BCUT2D eigenvalue weighted by Gasteiger charge is 2.56. The molecule has 1 aromatic heterocycles. The Hall–Kier alpha value is -1.82. The average molecular weight is 417 g/mol. The molecule has 1 atom stereocenters. The van der Waals surface area contributed by atoms with Gasteiger partial charge in [-0.1, -0.05) is 30.4 Å². The molecule has 1 saturated carbocycles. The van der Waals surface area contributed by atoms with Crippen LogP contribution in [0.5, 0.6) is 5.75 Å². The molecule has 158 valence electrons. The molecule has 1 spiro atoms. The van der Waals surface area contributed by atoms with Crippen LogP contribution in [0.1, 0.15) is 37.6 Å². The van der Waals surface area contributed by atoms with Crippen LogP contribution < -0.4 is 10.1 Å². The molecule has 5 nitrogen and oxygen atoms in total. The van der Waals surface area contributed by atoms with Crippen molar-refractivity contribution in [2.75, 3.05) is 26.7 Å². The summed E-state index contributed by atoms with van der Waals surface area (Å²) in [6, 6.07) is 8.86. The number of nitrogens with one attached hydrogen (secondary N) is 1. The smallest absolute Gasteiger partial charge is 0.126 e. The third-order valence-electron chi connectivity index (χ3n) is 6.45. The van der Waals surface area contributed by atoms with E-state index < -0.39 is 0 Å². The van der Waals surface area contributed by atoms with Gasteiger partial charge in [-0.2, -0.15) is 0 Å². The van der Waals surface area contributed by atoms with Crippen LogP contribution in [-0.2, 0) is 13.1 Å². The van der Waals surface area contributed by atoms with Crippen molar-refractivity contribution < 1.29 is 4.74 Å². The number of benzene rings is 1. The quantitative estimate of drug-likeness (QED) is 0.706. The van der Waals surface area contributed by atoms with E-state index >= 15 is 0 Å². The molecule has 1 aliphatic heterocycles. The SMILES string of the molecule is CCn1ccnc1CN(C/C=C\c1ccccc1OC)C1CC12CCNCC2.Cl. The number of methoxy groups -OCH3 is 1. The van der Waals surface area contributed by atoms with E-state index in [0.29, 0.717) is 11.5 Å². The van der Waals surface area contributed by atoms with E-state index in [2.05, 4.69) is 57.2 Å². The number of hydrogen-bond acceptors (Lipinski definition) is 4. The summed E-state index contributed by atoms with van der Waals surface area (Å²) in [6.07, 6.45) is 12.4. The maximum atomic E-state index is 5.48. The number of imidazole rings is 1. The maximum absolute atomic E-state index is 5.48.